The Hall–Kier alpha value is -0.180. The molecule has 0 aliphatic carbocycles. The Morgan fingerprint density at radius 1 is 1.70 bits per heavy atom. The van der Waals surface area contributed by atoms with Gasteiger partial charge in [0.1, 0.15) is 0 Å². The lowest BCUT2D eigenvalue weighted by atomic mass is 10.2. The summed E-state index contributed by atoms with van der Waals surface area (Å²) >= 11 is 4.13. The number of hydrogen-bond acceptors (Lipinski definition) is 3. The molecule has 0 saturated carbocycles. The fourth-order valence-electron chi connectivity index (χ4n) is 0.560. The van der Waals surface area contributed by atoms with E-state index in [4.69, 9.17) is 4.74 Å². The Balaban J connectivity index is 3.22. The molecule has 0 spiro atoms. The summed E-state index contributed by atoms with van der Waals surface area (Å²) in [5, 5.41) is 0.282. The number of carbonyl (C=O) groups is 1. The molecule has 1 atom stereocenters. The van der Waals surface area contributed by atoms with Crippen LogP contribution in [0.4, 0.5) is 0 Å². The molecule has 0 aromatic carbocycles. The molecule has 3 heteroatoms. The lowest BCUT2D eigenvalue weighted by molar-refractivity contribution is -0.143. The van der Waals surface area contributed by atoms with Gasteiger partial charge in [-0.3, -0.25) is 4.79 Å². The Morgan fingerprint density at radius 2 is 2.30 bits per heavy atom. The first kappa shape index (κ1) is 9.82. The van der Waals surface area contributed by atoms with Gasteiger partial charge in [0.15, 0.2) is 0 Å². The fourth-order valence-corrected chi connectivity index (χ4v) is 0.689. The minimum absolute atomic E-state index is 0.122. The summed E-state index contributed by atoms with van der Waals surface area (Å²) in [7, 11) is 0. The number of carbonyl (C=O) groups excluding carboxylic acids is 1. The van der Waals surface area contributed by atoms with E-state index in [-0.39, 0.29) is 11.2 Å². The zero-order valence-electron chi connectivity index (χ0n) is 6.46. The van der Waals surface area contributed by atoms with Crippen molar-refractivity contribution in [2.45, 2.75) is 31.9 Å². The monoisotopic (exact) mass is 162 g/mol. The number of rotatable bonds is 4. The number of esters is 1. The molecule has 0 radical (unpaired) electrons. The molecular weight excluding hydrogens is 148 g/mol. The molecule has 2 nitrogen and oxygen atoms in total. The molecule has 0 aromatic rings. The first-order valence-corrected chi connectivity index (χ1v) is 4.02. The van der Waals surface area contributed by atoms with Gasteiger partial charge in [-0.2, -0.15) is 12.6 Å². The second kappa shape index (κ2) is 5.59. The highest BCUT2D eigenvalue weighted by Gasteiger charge is 2.02. The topological polar surface area (TPSA) is 26.3 Å². The van der Waals surface area contributed by atoms with Gasteiger partial charge in [0.05, 0.1) is 6.61 Å². The van der Waals surface area contributed by atoms with Crippen LogP contribution in [0.2, 0.25) is 0 Å². The van der Waals surface area contributed by atoms with Gasteiger partial charge < -0.3 is 4.74 Å². The van der Waals surface area contributed by atoms with Gasteiger partial charge in [0, 0.05) is 6.42 Å². The normalized spacial score (nSPS) is 12.7. The van der Waals surface area contributed by atoms with Crippen LogP contribution in [0.3, 0.4) is 0 Å². The predicted octanol–water partition coefficient (Wildman–Crippen LogP) is 1.65. The average molecular weight is 162 g/mol. The van der Waals surface area contributed by atoms with Gasteiger partial charge in [0.25, 0.3) is 0 Å². The van der Waals surface area contributed by atoms with Crippen molar-refractivity contribution < 1.29 is 9.53 Å². The summed E-state index contributed by atoms with van der Waals surface area (Å²) in [5.74, 6) is -0.122. The van der Waals surface area contributed by atoms with Gasteiger partial charge in [0.2, 0.25) is 0 Å². The van der Waals surface area contributed by atoms with Crippen LogP contribution in [0.15, 0.2) is 0 Å². The zero-order valence-corrected chi connectivity index (χ0v) is 7.36. The molecule has 0 aliphatic rings. The second-order valence-electron chi connectivity index (χ2n) is 2.19. The molecule has 0 heterocycles. The van der Waals surface area contributed by atoms with E-state index in [1.54, 1.807) is 0 Å². The standard InChI is InChI=1S/C7H14O2S/c1-3-9-7(8)5-4-6(2)10/h6,10H,3-5H2,1-2H3. The van der Waals surface area contributed by atoms with E-state index >= 15 is 0 Å². The molecular formula is C7H14O2S. The first-order valence-electron chi connectivity index (χ1n) is 3.50. The Morgan fingerprint density at radius 3 is 2.70 bits per heavy atom. The van der Waals surface area contributed by atoms with E-state index in [1.807, 2.05) is 13.8 Å². The Labute approximate surface area is 67.4 Å². The molecule has 0 amide bonds. The molecule has 0 bridgehead atoms. The van der Waals surface area contributed by atoms with Crippen LogP contribution in [-0.2, 0) is 9.53 Å². The highest BCUT2D eigenvalue weighted by Crippen LogP contribution is 2.03. The molecule has 0 rings (SSSR count). The number of hydrogen-bond donors (Lipinski definition) is 1. The summed E-state index contributed by atoms with van der Waals surface area (Å²) in [6, 6.07) is 0. The maximum Gasteiger partial charge on any atom is 0.305 e. The van der Waals surface area contributed by atoms with Gasteiger partial charge >= 0.3 is 5.97 Å². The molecule has 0 aromatic heterocycles. The highest BCUT2D eigenvalue weighted by molar-refractivity contribution is 7.80. The molecule has 1 unspecified atom stereocenters. The summed E-state index contributed by atoms with van der Waals surface area (Å²) in [6.07, 6.45) is 1.28. The molecule has 0 saturated heterocycles. The highest BCUT2D eigenvalue weighted by atomic mass is 32.1. The van der Waals surface area contributed by atoms with Gasteiger partial charge in [-0.1, -0.05) is 6.92 Å². The van der Waals surface area contributed by atoms with Crippen LogP contribution in [0, 0.1) is 0 Å². The van der Waals surface area contributed by atoms with Crippen LogP contribution in [-0.4, -0.2) is 17.8 Å². The smallest absolute Gasteiger partial charge is 0.305 e. The van der Waals surface area contributed by atoms with Crippen molar-refractivity contribution in [3.8, 4) is 0 Å². The maximum absolute atomic E-state index is 10.7. The largest absolute Gasteiger partial charge is 0.466 e. The van der Waals surface area contributed by atoms with Crippen molar-refractivity contribution in [1.82, 2.24) is 0 Å². The molecule has 60 valence electrons. The van der Waals surface area contributed by atoms with Crippen LogP contribution in [0.5, 0.6) is 0 Å². The quantitative estimate of drug-likeness (QED) is 0.502. The molecule has 0 aliphatic heterocycles. The van der Waals surface area contributed by atoms with Crippen molar-refractivity contribution in [1.29, 1.82) is 0 Å². The summed E-state index contributed by atoms with van der Waals surface area (Å²) in [6.45, 7) is 4.24. The Kier molecular flexibility index (Phi) is 5.49. The van der Waals surface area contributed by atoms with E-state index < -0.39 is 0 Å². The lowest BCUT2D eigenvalue weighted by Crippen LogP contribution is -2.05. The van der Waals surface area contributed by atoms with E-state index in [2.05, 4.69) is 12.6 Å². The summed E-state index contributed by atoms with van der Waals surface area (Å²) in [5.41, 5.74) is 0. The molecule has 0 N–H and O–H groups in total. The van der Waals surface area contributed by atoms with E-state index in [0.29, 0.717) is 13.0 Å². The minimum atomic E-state index is -0.122. The summed E-state index contributed by atoms with van der Waals surface area (Å²) in [4.78, 5) is 10.7. The number of thiol groups is 1. The minimum Gasteiger partial charge on any atom is -0.466 e. The molecule has 10 heavy (non-hydrogen) atoms. The third-order valence-electron chi connectivity index (χ3n) is 1.07. The van der Waals surface area contributed by atoms with Gasteiger partial charge in [-0.15, -0.1) is 0 Å². The van der Waals surface area contributed by atoms with Crippen molar-refractivity contribution in [3.05, 3.63) is 0 Å². The first-order chi connectivity index (χ1) is 4.66. The number of ether oxygens (including phenoxy) is 1. The van der Waals surface area contributed by atoms with Crippen LogP contribution < -0.4 is 0 Å². The molecule has 0 fully saturated rings. The van der Waals surface area contributed by atoms with Crippen molar-refractivity contribution in [3.63, 3.8) is 0 Å². The SMILES string of the molecule is CCOC(=O)CCC(C)S. The third kappa shape index (κ3) is 5.95. The van der Waals surface area contributed by atoms with Crippen LogP contribution in [0.1, 0.15) is 26.7 Å². The van der Waals surface area contributed by atoms with E-state index in [0.717, 1.165) is 6.42 Å². The van der Waals surface area contributed by atoms with E-state index in [1.165, 1.54) is 0 Å². The third-order valence-corrected chi connectivity index (χ3v) is 1.33. The van der Waals surface area contributed by atoms with Gasteiger partial charge in [-0.05, 0) is 18.6 Å². The van der Waals surface area contributed by atoms with Crippen molar-refractivity contribution in [2.24, 2.45) is 0 Å². The Bertz CT molecular complexity index is 102. The van der Waals surface area contributed by atoms with Crippen LogP contribution >= 0.6 is 12.6 Å². The lowest BCUT2D eigenvalue weighted by Gasteiger charge is -2.02. The fraction of sp³-hybridized carbons (Fsp3) is 0.857. The maximum atomic E-state index is 10.7. The average Bonchev–Trinajstić information content (AvgIpc) is 1.85. The predicted molar refractivity (Wildman–Crippen MR) is 44.3 cm³/mol. The second-order valence-corrected chi connectivity index (χ2v) is 3.07. The van der Waals surface area contributed by atoms with Crippen LogP contribution in [0.25, 0.3) is 0 Å². The summed E-state index contributed by atoms with van der Waals surface area (Å²) < 4.78 is 4.72. The van der Waals surface area contributed by atoms with Gasteiger partial charge in [-0.25, -0.2) is 0 Å². The zero-order chi connectivity index (χ0) is 7.98. The van der Waals surface area contributed by atoms with Crippen molar-refractivity contribution in [2.75, 3.05) is 6.61 Å². The van der Waals surface area contributed by atoms with E-state index in [9.17, 15) is 4.79 Å². The van der Waals surface area contributed by atoms with Crippen molar-refractivity contribution >= 4 is 18.6 Å².